The Bertz CT molecular complexity index is 1180. The molecule has 2 atom stereocenters. The molecule has 4 heterocycles. The molecule has 1 amide bonds. The normalized spacial score (nSPS) is 17.1. The van der Waals surface area contributed by atoms with Gasteiger partial charge in [-0.2, -0.15) is 5.10 Å². The van der Waals surface area contributed by atoms with E-state index in [1.54, 1.807) is 17.5 Å². The van der Waals surface area contributed by atoms with Crippen molar-refractivity contribution < 1.29 is 9.53 Å². The van der Waals surface area contributed by atoms with E-state index in [9.17, 15) is 4.79 Å². The number of nitrogens with one attached hydrogen (secondary N) is 1. The van der Waals surface area contributed by atoms with Crippen molar-refractivity contribution in [3.05, 3.63) is 77.1 Å². The summed E-state index contributed by atoms with van der Waals surface area (Å²) in [6.07, 6.45) is 6.55. The van der Waals surface area contributed by atoms with Crippen molar-refractivity contribution in [2.75, 3.05) is 6.61 Å². The van der Waals surface area contributed by atoms with Crippen LogP contribution < -0.4 is 5.32 Å². The van der Waals surface area contributed by atoms with E-state index in [1.807, 2.05) is 41.4 Å². The molecule has 0 spiro atoms. The topological polar surface area (TPSA) is 69.0 Å². The molecule has 0 bridgehead atoms. The monoisotopic (exact) mass is 432 g/mol. The first kappa shape index (κ1) is 19.9. The van der Waals surface area contributed by atoms with Crippen molar-refractivity contribution in [3.8, 4) is 5.69 Å². The Labute approximate surface area is 184 Å². The fraction of sp³-hybridized carbons (Fsp3) is 0.292. The molecule has 31 heavy (non-hydrogen) atoms. The molecule has 158 valence electrons. The highest BCUT2D eigenvalue weighted by molar-refractivity contribution is 7.17. The molecular formula is C24H24N4O2S. The van der Waals surface area contributed by atoms with Crippen molar-refractivity contribution >= 4 is 27.5 Å². The van der Waals surface area contributed by atoms with E-state index in [2.05, 4.69) is 39.7 Å². The maximum absolute atomic E-state index is 12.9. The zero-order valence-electron chi connectivity index (χ0n) is 17.3. The van der Waals surface area contributed by atoms with E-state index < -0.39 is 0 Å². The molecular weight excluding hydrogens is 408 g/mol. The molecule has 0 radical (unpaired) electrons. The second-order valence-corrected chi connectivity index (χ2v) is 8.83. The van der Waals surface area contributed by atoms with Crippen LogP contribution in [0.5, 0.6) is 0 Å². The van der Waals surface area contributed by atoms with E-state index >= 15 is 0 Å². The summed E-state index contributed by atoms with van der Waals surface area (Å²) in [5.74, 6) is -0.147. The molecule has 2 unspecified atom stereocenters. The summed E-state index contributed by atoms with van der Waals surface area (Å²) in [6.45, 7) is 2.77. The molecule has 3 aromatic heterocycles. The first-order valence-corrected chi connectivity index (χ1v) is 11.4. The van der Waals surface area contributed by atoms with E-state index in [0.717, 1.165) is 47.3 Å². The number of amides is 1. The Morgan fingerprint density at radius 2 is 2.19 bits per heavy atom. The second kappa shape index (κ2) is 8.61. The van der Waals surface area contributed by atoms with Crippen LogP contribution in [0.4, 0.5) is 0 Å². The number of thiophene rings is 1. The highest BCUT2D eigenvalue weighted by Crippen LogP contribution is 2.27. The molecule has 0 aliphatic carbocycles. The fourth-order valence-electron chi connectivity index (χ4n) is 4.05. The molecule has 1 aliphatic rings. The maximum Gasteiger partial charge on any atom is 0.270 e. The molecule has 1 aromatic carbocycles. The van der Waals surface area contributed by atoms with Gasteiger partial charge in [-0.25, -0.2) is 9.67 Å². The molecule has 0 saturated carbocycles. The molecule has 7 heteroatoms. The van der Waals surface area contributed by atoms with Crippen LogP contribution in [-0.4, -0.2) is 39.4 Å². The minimum Gasteiger partial charge on any atom is -0.376 e. The summed E-state index contributed by atoms with van der Waals surface area (Å²) in [7, 11) is 0. The number of nitrogens with zero attached hydrogens (tertiary/aromatic N) is 3. The standard InChI is InChI=1S/C24H24N4O2S/c1-16(22-4-2-12-30-22)26-24(29)21-15-18(23-20(27-21)9-13-31-23)14-17-5-7-19(8-6-17)28-11-3-10-25-28/h3,5-11,13,15-16,22H,2,4,12,14H2,1H3,(H,26,29). The molecule has 1 saturated heterocycles. The van der Waals surface area contributed by atoms with Gasteiger partial charge in [-0.05, 0) is 73.0 Å². The van der Waals surface area contributed by atoms with Crippen LogP contribution in [0.15, 0.2) is 60.2 Å². The second-order valence-electron chi connectivity index (χ2n) is 7.91. The number of aromatic nitrogens is 3. The average Bonchev–Trinajstić information content (AvgIpc) is 3.56. The third kappa shape index (κ3) is 4.24. The number of hydrogen-bond acceptors (Lipinski definition) is 5. The van der Waals surface area contributed by atoms with E-state index in [0.29, 0.717) is 5.69 Å². The first-order valence-electron chi connectivity index (χ1n) is 10.6. The summed E-state index contributed by atoms with van der Waals surface area (Å²) in [4.78, 5) is 17.5. The smallest absolute Gasteiger partial charge is 0.270 e. The maximum atomic E-state index is 12.9. The summed E-state index contributed by atoms with van der Waals surface area (Å²) < 4.78 is 8.67. The molecule has 4 aromatic rings. The van der Waals surface area contributed by atoms with Crippen LogP contribution in [0.2, 0.25) is 0 Å². The predicted molar refractivity (Wildman–Crippen MR) is 122 cm³/mol. The number of carbonyl (C=O) groups excluding carboxylic acids is 1. The summed E-state index contributed by atoms with van der Waals surface area (Å²) in [5.41, 5.74) is 4.63. The Morgan fingerprint density at radius 1 is 1.32 bits per heavy atom. The minimum atomic E-state index is -0.147. The molecule has 1 N–H and O–H groups in total. The van der Waals surface area contributed by atoms with E-state index in [1.165, 1.54) is 5.56 Å². The van der Waals surface area contributed by atoms with Crippen molar-refractivity contribution in [1.82, 2.24) is 20.1 Å². The van der Waals surface area contributed by atoms with Crippen LogP contribution in [0.1, 0.15) is 41.4 Å². The lowest BCUT2D eigenvalue weighted by molar-refractivity contribution is 0.0709. The number of rotatable bonds is 6. The van der Waals surface area contributed by atoms with Crippen LogP contribution in [-0.2, 0) is 11.2 Å². The quantitative estimate of drug-likeness (QED) is 0.491. The molecule has 5 rings (SSSR count). The Hall–Kier alpha value is -3.03. The predicted octanol–water partition coefficient (Wildman–Crippen LogP) is 4.37. The van der Waals surface area contributed by atoms with E-state index in [-0.39, 0.29) is 18.1 Å². The van der Waals surface area contributed by atoms with Crippen LogP contribution in [0.3, 0.4) is 0 Å². The summed E-state index contributed by atoms with van der Waals surface area (Å²) in [5, 5.41) is 9.38. The van der Waals surface area contributed by atoms with Crippen LogP contribution >= 0.6 is 11.3 Å². The van der Waals surface area contributed by atoms with Gasteiger partial charge >= 0.3 is 0 Å². The fourth-order valence-corrected chi connectivity index (χ4v) is 4.90. The van der Waals surface area contributed by atoms with Crippen molar-refractivity contribution in [3.63, 3.8) is 0 Å². The van der Waals surface area contributed by atoms with Crippen molar-refractivity contribution in [2.45, 2.75) is 38.3 Å². The number of ether oxygens (including phenoxy) is 1. The average molecular weight is 433 g/mol. The highest BCUT2D eigenvalue weighted by Gasteiger charge is 2.24. The van der Waals surface area contributed by atoms with Gasteiger partial charge in [0.2, 0.25) is 0 Å². The van der Waals surface area contributed by atoms with Crippen LogP contribution in [0.25, 0.3) is 15.9 Å². The highest BCUT2D eigenvalue weighted by atomic mass is 32.1. The molecule has 1 fully saturated rings. The van der Waals surface area contributed by atoms with Gasteiger partial charge in [0, 0.05) is 19.0 Å². The number of benzene rings is 1. The summed E-state index contributed by atoms with van der Waals surface area (Å²) in [6, 6.07) is 14.1. The van der Waals surface area contributed by atoms with Gasteiger partial charge in [-0.3, -0.25) is 4.79 Å². The number of pyridine rings is 1. The lowest BCUT2D eigenvalue weighted by atomic mass is 10.0. The Morgan fingerprint density at radius 3 is 2.94 bits per heavy atom. The van der Waals surface area contributed by atoms with Gasteiger partial charge in [0.15, 0.2) is 0 Å². The van der Waals surface area contributed by atoms with Gasteiger partial charge < -0.3 is 10.1 Å². The number of hydrogen-bond donors (Lipinski definition) is 1. The first-order chi connectivity index (χ1) is 15.2. The van der Waals surface area contributed by atoms with Gasteiger partial charge in [0.1, 0.15) is 5.69 Å². The van der Waals surface area contributed by atoms with Crippen molar-refractivity contribution in [2.24, 2.45) is 0 Å². The molecule has 1 aliphatic heterocycles. The van der Waals surface area contributed by atoms with Gasteiger partial charge in [-0.15, -0.1) is 11.3 Å². The number of carbonyl (C=O) groups is 1. The number of fused-ring (bicyclic) bond motifs is 1. The molecule has 6 nitrogen and oxygen atoms in total. The minimum absolute atomic E-state index is 0.0340. The van der Waals surface area contributed by atoms with Gasteiger partial charge in [0.25, 0.3) is 5.91 Å². The lowest BCUT2D eigenvalue weighted by Crippen LogP contribution is -2.41. The van der Waals surface area contributed by atoms with E-state index in [4.69, 9.17) is 4.74 Å². The van der Waals surface area contributed by atoms with Crippen molar-refractivity contribution in [1.29, 1.82) is 0 Å². The zero-order valence-corrected chi connectivity index (χ0v) is 18.1. The summed E-state index contributed by atoms with van der Waals surface area (Å²) >= 11 is 1.66. The Kier molecular flexibility index (Phi) is 5.53. The van der Waals surface area contributed by atoms with Gasteiger partial charge in [-0.1, -0.05) is 12.1 Å². The lowest BCUT2D eigenvalue weighted by Gasteiger charge is -2.20. The Balaban J connectivity index is 1.38. The third-order valence-electron chi connectivity index (χ3n) is 5.70. The third-order valence-corrected chi connectivity index (χ3v) is 6.68. The SMILES string of the molecule is CC(NC(=O)c1cc(Cc2ccc(-n3cccn3)cc2)c2sccc2n1)C1CCCO1. The largest absolute Gasteiger partial charge is 0.376 e. The van der Waals surface area contributed by atoms with Crippen LogP contribution in [0, 0.1) is 0 Å². The van der Waals surface area contributed by atoms with Gasteiger partial charge in [0.05, 0.1) is 28.0 Å². The zero-order chi connectivity index (χ0) is 21.2.